The Kier molecular flexibility index (Phi) is 9.65. The van der Waals surface area contributed by atoms with Gasteiger partial charge in [-0.15, -0.1) is 0 Å². The van der Waals surface area contributed by atoms with Crippen molar-refractivity contribution in [3.63, 3.8) is 0 Å². The maximum atomic E-state index is 10.3. The maximum absolute atomic E-state index is 10.3. The molecule has 0 aliphatic carbocycles. The standard InChI is InChI=1S/C12H24O/c1-2-3-4-5-6-7-8-9-10-11-12-13/h12H,2-11H2,1H3/i12D. The minimum absolute atomic E-state index is 0.409. The van der Waals surface area contributed by atoms with Crippen molar-refractivity contribution in [2.75, 3.05) is 0 Å². The van der Waals surface area contributed by atoms with Crippen molar-refractivity contribution in [2.45, 2.75) is 71.1 Å². The first-order valence-electron chi connectivity index (χ1n) is 6.26. The molecule has 1 nitrogen and oxygen atoms in total. The van der Waals surface area contributed by atoms with Crippen LogP contribution in [0.4, 0.5) is 0 Å². The van der Waals surface area contributed by atoms with E-state index in [-0.39, 0.29) is 0 Å². The minimum Gasteiger partial charge on any atom is -0.303 e. The molecule has 0 saturated carbocycles. The van der Waals surface area contributed by atoms with E-state index in [1.54, 1.807) is 0 Å². The molecule has 0 aromatic heterocycles. The van der Waals surface area contributed by atoms with Gasteiger partial charge in [0.05, 0.1) is 0 Å². The van der Waals surface area contributed by atoms with E-state index in [0.29, 0.717) is 6.42 Å². The second-order valence-corrected chi connectivity index (χ2v) is 3.72. The van der Waals surface area contributed by atoms with Gasteiger partial charge in [0.15, 0.2) is 0 Å². The summed E-state index contributed by atoms with van der Waals surface area (Å²) in [6, 6.07) is 0. The quantitative estimate of drug-likeness (QED) is 0.370. The van der Waals surface area contributed by atoms with Gasteiger partial charge in [-0.25, -0.2) is 0 Å². The predicted molar refractivity (Wildman–Crippen MR) is 57.9 cm³/mol. The number of unbranched alkanes of at least 4 members (excludes halogenated alkanes) is 8. The Morgan fingerprint density at radius 1 is 0.923 bits per heavy atom. The van der Waals surface area contributed by atoms with Crippen LogP contribution in [0.5, 0.6) is 0 Å². The average Bonchev–Trinajstić information content (AvgIpc) is 2.15. The van der Waals surface area contributed by atoms with Crippen LogP contribution in [0, 0.1) is 0 Å². The molecule has 0 N–H and O–H groups in total. The highest BCUT2D eigenvalue weighted by Gasteiger charge is 1.91. The van der Waals surface area contributed by atoms with Gasteiger partial charge in [-0.05, 0) is 6.42 Å². The second kappa shape index (κ2) is 11.7. The number of hydrogen-bond donors (Lipinski definition) is 0. The van der Waals surface area contributed by atoms with Crippen molar-refractivity contribution in [3.8, 4) is 0 Å². The lowest BCUT2D eigenvalue weighted by atomic mass is 10.1. The largest absolute Gasteiger partial charge is 0.303 e. The molecule has 0 heterocycles. The van der Waals surface area contributed by atoms with Gasteiger partial charge in [0.2, 0.25) is 0 Å². The average molecular weight is 185 g/mol. The zero-order valence-electron chi connectivity index (χ0n) is 9.98. The zero-order valence-corrected chi connectivity index (χ0v) is 8.98. The Bertz CT molecular complexity index is 134. The fourth-order valence-corrected chi connectivity index (χ4v) is 1.51. The van der Waals surface area contributed by atoms with Gasteiger partial charge in [-0.2, -0.15) is 0 Å². The van der Waals surface area contributed by atoms with Gasteiger partial charge in [-0.3, -0.25) is 0 Å². The predicted octanol–water partition coefficient (Wildman–Crippen LogP) is 4.11. The number of rotatable bonds is 10. The third-order valence-corrected chi connectivity index (χ3v) is 2.38. The molecule has 0 spiro atoms. The molecule has 0 aliphatic rings. The van der Waals surface area contributed by atoms with Gasteiger partial charge in [0, 0.05) is 6.42 Å². The van der Waals surface area contributed by atoms with Crippen molar-refractivity contribution >= 4 is 6.26 Å². The lowest BCUT2D eigenvalue weighted by molar-refractivity contribution is -0.107. The first-order valence-corrected chi connectivity index (χ1v) is 5.76. The van der Waals surface area contributed by atoms with Gasteiger partial charge in [0.25, 0.3) is 0 Å². The molecule has 0 unspecified atom stereocenters. The molecule has 0 fully saturated rings. The van der Waals surface area contributed by atoms with Crippen LogP contribution >= 0.6 is 0 Å². The topological polar surface area (TPSA) is 17.1 Å². The van der Waals surface area contributed by atoms with Crippen molar-refractivity contribution in [2.24, 2.45) is 0 Å². The number of carbonyl (C=O) groups excluding carboxylic acids is 1. The van der Waals surface area contributed by atoms with E-state index in [4.69, 9.17) is 1.37 Å². The molecule has 0 bridgehead atoms. The third kappa shape index (κ3) is 11.7. The number of carbonyl (C=O) groups is 1. The van der Waals surface area contributed by atoms with Crippen LogP contribution in [0.2, 0.25) is 0 Å². The first-order chi connectivity index (χ1) is 6.77. The van der Waals surface area contributed by atoms with Gasteiger partial charge >= 0.3 is 0 Å². The summed E-state index contributed by atoms with van der Waals surface area (Å²) in [7, 11) is 0. The molecule has 0 aliphatic heterocycles. The molecule has 0 atom stereocenters. The first kappa shape index (κ1) is 10.7. The third-order valence-electron chi connectivity index (χ3n) is 2.38. The summed E-state index contributed by atoms with van der Waals surface area (Å²) in [4.78, 5) is 10.3. The summed E-state index contributed by atoms with van der Waals surface area (Å²) in [5.74, 6) is 0. The lowest BCUT2D eigenvalue weighted by Crippen LogP contribution is -1.81. The second-order valence-electron chi connectivity index (χ2n) is 3.72. The van der Waals surface area contributed by atoms with Gasteiger partial charge in [-0.1, -0.05) is 58.3 Å². The Morgan fingerprint density at radius 2 is 1.38 bits per heavy atom. The molecule has 0 radical (unpaired) electrons. The van der Waals surface area contributed by atoms with E-state index < -0.39 is 6.26 Å². The van der Waals surface area contributed by atoms with Crippen LogP contribution in [-0.4, -0.2) is 6.26 Å². The Hall–Kier alpha value is -0.330. The Balaban J connectivity index is 2.88. The molecule has 0 rings (SSSR count). The molecule has 0 aromatic rings. The van der Waals surface area contributed by atoms with Crippen LogP contribution in [0.1, 0.15) is 72.5 Å². The van der Waals surface area contributed by atoms with E-state index in [9.17, 15) is 4.79 Å². The maximum Gasteiger partial charge on any atom is 0.119 e. The molecule has 1 heteroatoms. The van der Waals surface area contributed by atoms with Crippen LogP contribution in [0.15, 0.2) is 0 Å². The molecule has 0 aromatic carbocycles. The molecule has 0 amide bonds. The lowest BCUT2D eigenvalue weighted by Gasteiger charge is -1.99. The van der Waals surface area contributed by atoms with E-state index in [1.807, 2.05) is 0 Å². The van der Waals surface area contributed by atoms with E-state index in [1.165, 1.54) is 44.9 Å². The Morgan fingerprint density at radius 3 is 1.85 bits per heavy atom. The van der Waals surface area contributed by atoms with Gasteiger partial charge in [0.1, 0.15) is 7.63 Å². The fourth-order valence-electron chi connectivity index (χ4n) is 1.51. The molecular weight excluding hydrogens is 160 g/mol. The van der Waals surface area contributed by atoms with Crippen molar-refractivity contribution in [3.05, 3.63) is 0 Å². The SMILES string of the molecule is [2H]C(=O)CCCCCCCCCCC. The van der Waals surface area contributed by atoms with Crippen molar-refractivity contribution in [1.82, 2.24) is 0 Å². The highest BCUT2D eigenvalue weighted by Crippen LogP contribution is 2.09. The van der Waals surface area contributed by atoms with Gasteiger partial charge < -0.3 is 4.79 Å². The molecule has 13 heavy (non-hydrogen) atoms. The highest BCUT2D eigenvalue weighted by atomic mass is 16.1. The monoisotopic (exact) mass is 185 g/mol. The molecule has 78 valence electrons. The number of aldehydes is 1. The Labute approximate surface area is 84.3 Å². The van der Waals surface area contributed by atoms with E-state index in [0.717, 1.165) is 12.8 Å². The van der Waals surface area contributed by atoms with Crippen LogP contribution in [0.25, 0.3) is 0 Å². The minimum atomic E-state index is -0.409. The summed E-state index contributed by atoms with van der Waals surface area (Å²) in [6.07, 6.45) is 11.4. The van der Waals surface area contributed by atoms with E-state index >= 15 is 0 Å². The summed E-state index contributed by atoms with van der Waals surface area (Å²) < 4.78 is 6.73. The number of hydrogen-bond acceptors (Lipinski definition) is 1. The fraction of sp³-hybridized carbons (Fsp3) is 0.917. The zero-order chi connectivity index (χ0) is 10.6. The summed E-state index contributed by atoms with van der Waals surface area (Å²) in [5, 5.41) is 0. The van der Waals surface area contributed by atoms with Crippen molar-refractivity contribution in [1.29, 1.82) is 0 Å². The summed E-state index contributed by atoms with van der Waals surface area (Å²) in [5.41, 5.74) is 0. The molecular formula is C12H24O. The summed E-state index contributed by atoms with van der Waals surface area (Å²) >= 11 is 0. The van der Waals surface area contributed by atoms with Crippen molar-refractivity contribution < 1.29 is 6.17 Å². The van der Waals surface area contributed by atoms with Crippen LogP contribution in [-0.2, 0) is 4.79 Å². The van der Waals surface area contributed by atoms with Crippen LogP contribution < -0.4 is 0 Å². The summed E-state index contributed by atoms with van der Waals surface area (Å²) in [6.45, 7) is 2.23. The van der Waals surface area contributed by atoms with E-state index in [2.05, 4.69) is 6.92 Å². The normalized spacial score (nSPS) is 11.3. The molecule has 0 saturated heterocycles. The van der Waals surface area contributed by atoms with Crippen LogP contribution in [0.3, 0.4) is 0 Å². The smallest absolute Gasteiger partial charge is 0.119 e. The highest BCUT2D eigenvalue weighted by molar-refractivity contribution is 5.48.